The summed E-state index contributed by atoms with van der Waals surface area (Å²) in [4.78, 5) is 22.6. The molecule has 49 heavy (non-hydrogen) atoms. The minimum Gasteiger partial charge on any atom is -0.436 e. The van der Waals surface area contributed by atoms with Gasteiger partial charge in [-0.15, -0.1) is 0 Å². The molecule has 0 spiro atoms. The lowest BCUT2D eigenvalue weighted by atomic mass is 10.0. The molecule has 0 bridgehead atoms. The monoisotopic (exact) mass is 632 g/mol. The number of hydrogen-bond donors (Lipinski definition) is 0. The minimum absolute atomic E-state index is 0.572. The maximum absolute atomic E-state index is 6.20. The summed E-state index contributed by atoms with van der Waals surface area (Å²) in [7, 11) is 0. The molecule has 0 N–H and O–H groups in total. The van der Waals surface area contributed by atoms with Gasteiger partial charge in [0.15, 0.2) is 17.0 Å². The molecule has 8 heteroatoms. The molecule has 230 valence electrons. The topological polar surface area (TPSA) is 95.7 Å². The van der Waals surface area contributed by atoms with Crippen LogP contribution in [0.4, 0.5) is 0 Å². The van der Waals surface area contributed by atoms with E-state index in [0.29, 0.717) is 17.6 Å². The molecule has 0 saturated heterocycles. The van der Waals surface area contributed by atoms with Crippen molar-refractivity contribution in [3.05, 3.63) is 146 Å². The van der Waals surface area contributed by atoms with Gasteiger partial charge in [-0.1, -0.05) is 54.6 Å². The molecule has 0 aliphatic rings. The highest BCUT2D eigenvalue weighted by atomic mass is 16.4. The summed E-state index contributed by atoms with van der Waals surface area (Å²) in [6.45, 7) is 0. The third kappa shape index (κ3) is 4.57. The summed E-state index contributed by atoms with van der Waals surface area (Å²) in [5.74, 6) is 1.75. The number of hydrogen-bond acceptors (Lipinski definition) is 7. The van der Waals surface area contributed by atoms with Gasteiger partial charge in [0, 0.05) is 33.2 Å². The Kier molecular flexibility index (Phi) is 6.01. The summed E-state index contributed by atoms with van der Waals surface area (Å²) in [5, 5.41) is 2.08. The highest BCUT2D eigenvalue weighted by molar-refractivity contribution is 6.11. The van der Waals surface area contributed by atoms with Crippen molar-refractivity contribution in [1.29, 1.82) is 0 Å². The van der Waals surface area contributed by atoms with Gasteiger partial charge in [0.05, 0.1) is 11.0 Å². The van der Waals surface area contributed by atoms with Gasteiger partial charge in [-0.25, -0.2) is 24.9 Å². The number of fused-ring (bicyclic) bond motifs is 5. The second-order valence-electron chi connectivity index (χ2n) is 11.9. The van der Waals surface area contributed by atoms with Crippen molar-refractivity contribution in [2.75, 3.05) is 0 Å². The SMILES string of the molecule is c1ccc(-c2cc(-c3ncncn3)cc(-n3c4ccc(-c5nc6ccccc6o5)cc4c4cc(-c5nc6ccccc6o5)ccc43)c2)cc1. The molecule has 10 rings (SSSR count). The van der Waals surface area contributed by atoms with Crippen molar-refractivity contribution in [2.45, 2.75) is 0 Å². The Morgan fingerprint density at radius 3 is 1.59 bits per heavy atom. The van der Waals surface area contributed by atoms with E-state index in [2.05, 4.69) is 86.2 Å². The summed E-state index contributed by atoms with van der Waals surface area (Å²) in [6, 6.07) is 45.2. The fourth-order valence-electron chi connectivity index (χ4n) is 6.61. The van der Waals surface area contributed by atoms with Gasteiger partial charge in [0.1, 0.15) is 23.7 Å². The normalized spacial score (nSPS) is 11.7. The zero-order chi connectivity index (χ0) is 32.3. The molecule has 0 amide bonds. The van der Waals surface area contributed by atoms with Gasteiger partial charge in [-0.05, 0) is 90.0 Å². The average molecular weight is 633 g/mol. The van der Waals surface area contributed by atoms with E-state index in [4.69, 9.17) is 18.8 Å². The van der Waals surface area contributed by atoms with E-state index < -0.39 is 0 Å². The van der Waals surface area contributed by atoms with Gasteiger partial charge >= 0.3 is 0 Å². The Balaban J connectivity index is 1.24. The van der Waals surface area contributed by atoms with Gasteiger partial charge in [-0.3, -0.25) is 0 Å². The lowest BCUT2D eigenvalue weighted by Gasteiger charge is -2.13. The van der Waals surface area contributed by atoms with Crippen LogP contribution in [0.3, 0.4) is 0 Å². The molecule has 0 saturated carbocycles. The quantitative estimate of drug-likeness (QED) is 0.186. The van der Waals surface area contributed by atoms with Crippen molar-refractivity contribution in [1.82, 2.24) is 29.5 Å². The van der Waals surface area contributed by atoms with Gasteiger partial charge < -0.3 is 13.4 Å². The van der Waals surface area contributed by atoms with E-state index in [-0.39, 0.29) is 0 Å². The number of para-hydroxylation sites is 4. The van der Waals surface area contributed by atoms with Crippen LogP contribution in [-0.2, 0) is 0 Å². The van der Waals surface area contributed by atoms with Crippen molar-refractivity contribution in [2.24, 2.45) is 0 Å². The highest BCUT2D eigenvalue weighted by Gasteiger charge is 2.19. The molecule has 0 aliphatic carbocycles. The number of oxazole rings is 2. The van der Waals surface area contributed by atoms with Crippen LogP contribution in [0.2, 0.25) is 0 Å². The van der Waals surface area contributed by atoms with Crippen molar-refractivity contribution in [3.63, 3.8) is 0 Å². The first-order valence-corrected chi connectivity index (χ1v) is 15.9. The first-order chi connectivity index (χ1) is 24.2. The van der Waals surface area contributed by atoms with Crippen LogP contribution in [0.25, 0.3) is 95.1 Å². The highest BCUT2D eigenvalue weighted by Crippen LogP contribution is 2.39. The predicted molar refractivity (Wildman–Crippen MR) is 191 cm³/mol. The molecule has 6 aromatic carbocycles. The molecule has 10 aromatic rings. The van der Waals surface area contributed by atoms with Gasteiger partial charge in [0.2, 0.25) is 11.8 Å². The molecule has 4 heterocycles. The predicted octanol–water partition coefficient (Wildman–Crippen LogP) is 9.92. The smallest absolute Gasteiger partial charge is 0.227 e. The van der Waals surface area contributed by atoms with E-state index in [1.165, 1.54) is 12.7 Å². The molecule has 0 aliphatic heterocycles. The van der Waals surface area contributed by atoms with E-state index in [1.807, 2.05) is 66.7 Å². The van der Waals surface area contributed by atoms with Crippen LogP contribution in [0, 0.1) is 0 Å². The van der Waals surface area contributed by atoms with E-state index in [0.717, 1.165) is 77.5 Å². The summed E-state index contributed by atoms with van der Waals surface area (Å²) in [6.07, 6.45) is 3.05. The van der Waals surface area contributed by atoms with Crippen LogP contribution in [-0.4, -0.2) is 29.5 Å². The van der Waals surface area contributed by atoms with E-state index in [9.17, 15) is 0 Å². The fraction of sp³-hybridized carbons (Fsp3) is 0. The number of nitrogens with zero attached hydrogens (tertiary/aromatic N) is 6. The largest absolute Gasteiger partial charge is 0.436 e. The Morgan fingerprint density at radius 2 is 1.00 bits per heavy atom. The summed E-state index contributed by atoms with van der Waals surface area (Å²) in [5.41, 5.74) is 11.0. The molecular formula is C41H24N6O2. The fourth-order valence-corrected chi connectivity index (χ4v) is 6.61. The van der Waals surface area contributed by atoms with Crippen molar-refractivity contribution >= 4 is 44.0 Å². The lowest BCUT2D eigenvalue weighted by Crippen LogP contribution is -1.97. The van der Waals surface area contributed by atoms with Crippen LogP contribution in [0.1, 0.15) is 0 Å². The lowest BCUT2D eigenvalue weighted by molar-refractivity contribution is 0.619. The molecule has 0 atom stereocenters. The summed E-state index contributed by atoms with van der Waals surface area (Å²) < 4.78 is 14.7. The number of rotatable bonds is 5. The summed E-state index contributed by atoms with van der Waals surface area (Å²) >= 11 is 0. The molecule has 0 radical (unpaired) electrons. The zero-order valence-electron chi connectivity index (χ0n) is 25.9. The Hall–Kier alpha value is -6.93. The Morgan fingerprint density at radius 1 is 0.449 bits per heavy atom. The molecular weight excluding hydrogens is 608 g/mol. The zero-order valence-corrected chi connectivity index (χ0v) is 25.9. The van der Waals surface area contributed by atoms with Crippen molar-refractivity contribution in [3.8, 4) is 51.1 Å². The maximum Gasteiger partial charge on any atom is 0.227 e. The van der Waals surface area contributed by atoms with Crippen LogP contribution in [0.15, 0.2) is 155 Å². The van der Waals surface area contributed by atoms with Gasteiger partial charge in [-0.2, -0.15) is 0 Å². The van der Waals surface area contributed by atoms with Crippen molar-refractivity contribution < 1.29 is 8.83 Å². The number of benzene rings is 6. The minimum atomic E-state index is 0.572. The number of aromatic nitrogens is 6. The Bertz CT molecular complexity index is 2580. The van der Waals surface area contributed by atoms with Crippen LogP contribution in [0.5, 0.6) is 0 Å². The first kappa shape index (κ1) is 27.2. The van der Waals surface area contributed by atoms with Gasteiger partial charge in [0.25, 0.3) is 0 Å². The molecule has 4 aromatic heterocycles. The third-order valence-electron chi connectivity index (χ3n) is 8.88. The second kappa shape index (κ2) is 10.8. The van der Waals surface area contributed by atoms with Crippen LogP contribution < -0.4 is 0 Å². The standard InChI is InChI=1S/C41H24N6O2/c1-2-8-25(9-3-1)28-18-29(39-43-23-42-24-44-39)20-30(19-28)47-35-16-14-26(40-45-33-10-4-6-12-37(33)48-40)21-31(35)32-22-27(15-17-36(32)47)41-46-34-11-5-7-13-38(34)49-41/h1-24H. The Labute approximate surface area is 279 Å². The maximum atomic E-state index is 6.20. The third-order valence-corrected chi connectivity index (χ3v) is 8.88. The second-order valence-corrected chi connectivity index (χ2v) is 11.9. The molecule has 8 nitrogen and oxygen atoms in total. The average Bonchev–Trinajstić information content (AvgIpc) is 3.89. The molecule has 0 unspecified atom stereocenters. The first-order valence-electron chi connectivity index (χ1n) is 15.9. The molecule has 0 fully saturated rings. The van der Waals surface area contributed by atoms with Crippen LogP contribution >= 0.6 is 0 Å². The van der Waals surface area contributed by atoms with E-state index >= 15 is 0 Å². The van der Waals surface area contributed by atoms with E-state index in [1.54, 1.807) is 0 Å².